The SMILES string of the molecule is C.C.OCCC(F)(F)C(F)(F)C(F)(F)C(F)(F)C(F)(C(F)(F)F)C(F)(F)F.OCCC(F)(F)C(F)(F)F. The molecule has 0 aromatic carbocycles. The molecule has 0 heterocycles. The van der Waals surface area contributed by atoms with E-state index in [0.29, 0.717) is 0 Å². The van der Waals surface area contributed by atoms with Gasteiger partial charge in [-0.05, 0) is 0 Å². The molecule has 0 fully saturated rings. The van der Waals surface area contributed by atoms with Gasteiger partial charge in [-0.15, -0.1) is 0 Å². The van der Waals surface area contributed by atoms with Gasteiger partial charge in [0, 0.05) is 26.1 Å². The van der Waals surface area contributed by atoms with Crippen molar-refractivity contribution in [3.05, 3.63) is 0 Å². The van der Waals surface area contributed by atoms with E-state index in [1.54, 1.807) is 0 Å². The van der Waals surface area contributed by atoms with Crippen LogP contribution in [0.25, 0.3) is 0 Å². The largest absolute Gasteiger partial charge is 0.453 e. The second-order valence-electron chi connectivity index (χ2n) is 6.23. The summed E-state index contributed by atoms with van der Waals surface area (Å²) in [6, 6.07) is 0. The zero-order valence-corrected chi connectivity index (χ0v) is 15.8. The fraction of sp³-hybridized carbons (Fsp3) is 1.00. The van der Waals surface area contributed by atoms with Crippen LogP contribution < -0.4 is 0 Å². The molecule has 0 spiro atoms. The van der Waals surface area contributed by atoms with Crippen LogP contribution in [0, 0.1) is 0 Å². The van der Waals surface area contributed by atoms with E-state index in [1.165, 1.54) is 0 Å². The molecule has 230 valence electrons. The molecule has 0 rings (SSSR count). The minimum atomic E-state index is -8.40. The Balaban J connectivity index is -0.000000385. The molecule has 37 heavy (non-hydrogen) atoms. The number of alkyl halides is 20. The van der Waals surface area contributed by atoms with Crippen molar-refractivity contribution in [2.75, 3.05) is 13.2 Å². The van der Waals surface area contributed by atoms with Crippen LogP contribution >= 0.6 is 0 Å². The van der Waals surface area contributed by atoms with Gasteiger partial charge in [-0.2, -0.15) is 83.4 Å². The van der Waals surface area contributed by atoms with Crippen molar-refractivity contribution in [3.8, 4) is 0 Å². The van der Waals surface area contributed by atoms with Gasteiger partial charge in [0.25, 0.3) is 0 Å². The average molecular weight is 610 g/mol. The highest BCUT2D eigenvalue weighted by Crippen LogP contribution is 2.64. The molecular weight excluding hydrogens is 592 g/mol. The summed E-state index contributed by atoms with van der Waals surface area (Å²) in [4.78, 5) is 0. The highest BCUT2D eigenvalue weighted by molar-refractivity contribution is 5.16. The van der Waals surface area contributed by atoms with Gasteiger partial charge in [0.15, 0.2) is 0 Å². The molecule has 0 aliphatic rings. The lowest BCUT2D eigenvalue weighted by Crippen LogP contribution is -2.75. The Hall–Kier alpha value is -1.48. The van der Waals surface area contributed by atoms with E-state index in [-0.39, 0.29) is 14.9 Å². The van der Waals surface area contributed by atoms with Crippen molar-refractivity contribution >= 4 is 0 Å². The molecular formula is C15H18F20O2. The van der Waals surface area contributed by atoms with Crippen molar-refractivity contribution in [2.45, 2.75) is 81.5 Å². The first-order valence-corrected chi connectivity index (χ1v) is 7.87. The van der Waals surface area contributed by atoms with Gasteiger partial charge in [0.1, 0.15) is 0 Å². The third-order valence-corrected chi connectivity index (χ3v) is 3.73. The lowest BCUT2D eigenvalue weighted by atomic mass is 9.85. The molecule has 0 bridgehead atoms. The minimum absolute atomic E-state index is 0. The Bertz CT molecular complexity index is 661. The van der Waals surface area contributed by atoms with Crippen molar-refractivity contribution in [1.29, 1.82) is 0 Å². The van der Waals surface area contributed by atoms with Gasteiger partial charge < -0.3 is 10.2 Å². The predicted molar refractivity (Wildman–Crippen MR) is 83.6 cm³/mol. The molecule has 0 saturated heterocycles. The summed E-state index contributed by atoms with van der Waals surface area (Å²) in [6.45, 7) is -3.27. The zero-order chi connectivity index (χ0) is 29.3. The summed E-state index contributed by atoms with van der Waals surface area (Å²) in [6.07, 6.45) is -25.7. The highest BCUT2D eigenvalue weighted by atomic mass is 19.4. The monoisotopic (exact) mass is 610 g/mol. The maximum absolute atomic E-state index is 13.1. The fourth-order valence-corrected chi connectivity index (χ4v) is 1.74. The van der Waals surface area contributed by atoms with Crippen LogP contribution in [0.15, 0.2) is 0 Å². The minimum Gasteiger partial charge on any atom is -0.396 e. The Morgan fingerprint density at radius 3 is 0.811 bits per heavy atom. The molecule has 0 saturated carbocycles. The van der Waals surface area contributed by atoms with E-state index >= 15 is 0 Å². The van der Waals surface area contributed by atoms with Gasteiger partial charge in [-0.25, -0.2) is 4.39 Å². The first-order valence-electron chi connectivity index (χ1n) is 7.87. The third kappa shape index (κ3) is 7.55. The number of hydrogen-bond acceptors (Lipinski definition) is 2. The summed E-state index contributed by atoms with van der Waals surface area (Å²) < 4.78 is 246. The first-order chi connectivity index (χ1) is 14.9. The van der Waals surface area contributed by atoms with E-state index < -0.39 is 79.9 Å². The third-order valence-electron chi connectivity index (χ3n) is 3.73. The fourth-order valence-electron chi connectivity index (χ4n) is 1.74. The topological polar surface area (TPSA) is 40.5 Å². The molecule has 0 aromatic heterocycles. The van der Waals surface area contributed by atoms with E-state index in [9.17, 15) is 87.8 Å². The van der Waals surface area contributed by atoms with Gasteiger partial charge in [-0.1, -0.05) is 14.9 Å². The van der Waals surface area contributed by atoms with Crippen molar-refractivity contribution < 1.29 is 98.0 Å². The molecule has 0 atom stereocenters. The summed E-state index contributed by atoms with van der Waals surface area (Å²) in [5.41, 5.74) is -8.28. The standard InChI is InChI=1S/C9H5F15O.C4H5F5O.2CH4/c10-3(11,1-2-25)5(13,14)7(17,18)6(15,16)4(12,8(19,20)21)9(22,23)24;5-3(6,1-2-10)4(7,8)9;;/h25H,1-2H2;10H,1-2H2;2*1H4. The Morgan fingerprint density at radius 1 is 0.351 bits per heavy atom. The van der Waals surface area contributed by atoms with Crippen molar-refractivity contribution in [2.24, 2.45) is 0 Å². The van der Waals surface area contributed by atoms with E-state index in [0.717, 1.165) is 0 Å². The number of halogens is 20. The van der Waals surface area contributed by atoms with Gasteiger partial charge in [0.05, 0.1) is 0 Å². The number of rotatable bonds is 8. The lowest BCUT2D eigenvalue weighted by Gasteiger charge is -2.43. The van der Waals surface area contributed by atoms with Crippen LogP contribution in [0.5, 0.6) is 0 Å². The maximum Gasteiger partial charge on any atom is 0.453 e. The summed E-state index contributed by atoms with van der Waals surface area (Å²) >= 11 is 0. The van der Waals surface area contributed by atoms with Crippen molar-refractivity contribution in [1.82, 2.24) is 0 Å². The quantitative estimate of drug-likeness (QED) is 0.279. The first kappa shape index (κ1) is 42.6. The van der Waals surface area contributed by atoms with Crippen LogP contribution in [0.1, 0.15) is 27.7 Å². The maximum atomic E-state index is 13.1. The molecule has 2 N–H and O–H groups in total. The lowest BCUT2D eigenvalue weighted by molar-refractivity contribution is -0.457. The Kier molecular flexibility index (Phi) is 14.0. The van der Waals surface area contributed by atoms with Crippen molar-refractivity contribution in [3.63, 3.8) is 0 Å². The van der Waals surface area contributed by atoms with E-state index in [1.807, 2.05) is 0 Å². The van der Waals surface area contributed by atoms with Crippen LogP contribution in [-0.2, 0) is 0 Å². The number of aliphatic hydroxyl groups is 2. The second-order valence-corrected chi connectivity index (χ2v) is 6.23. The summed E-state index contributed by atoms with van der Waals surface area (Å²) in [5, 5.41) is 15.8. The number of hydrogen-bond donors (Lipinski definition) is 2. The molecule has 22 heteroatoms. The Labute approximate surface area is 194 Å². The molecule has 0 aliphatic heterocycles. The molecule has 2 nitrogen and oxygen atoms in total. The van der Waals surface area contributed by atoms with Gasteiger partial charge >= 0.3 is 53.8 Å². The zero-order valence-electron chi connectivity index (χ0n) is 15.8. The summed E-state index contributed by atoms with van der Waals surface area (Å²) in [5.74, 6) is -35.3. The van der Waals surface area contributed by atoms with Crippen LogP contribution in [0.4, 0.5) is 87.8 Å². The van der Waals surface area contributed by atoms with Crippen LogP contribution in [-0.4, -0.2) is 77.2 Å². The molecule has 0 radical (unpaired) electrons. The smallest absolute Gasteiger partial charge is 0.396 e. The molecule has 0 unspecified atom stereocenters. The second kappa shape index (κ2) is 12.1. The molecule has 0 aromatic rings. The van der Waals surface area contributed by atoms with Gasteiger partial charge in [0.2, 0.25) is 0 Å². The normalized spacial score (nSPS) is 14.8. The predicted octanol–water partition coefficient (Wildman–Crippen LogP) is 7.58. The average Bonchev–Trinajstić information content (AvgIpc) is 2.57. The van der Waals surface area contributed by atoms with Crippen LogP contribution in [0.3, 0.4) is 0 Å². The Morgan fingerprint density at radius 2 is 0.622 bits per heavy atom. The highest BCUT2D eigenvalue weighted by Gasteiger charge is 2.95. The molecule has 0 aliphatic carbocycles. The van der Waals surface area contributed by atoms with Crippen LogP contribution in [0.2, 0.25) is 0 Å². The van der Waals surface area contributed by atoms with E-state index in [4.69, 9.17) is 10.2 Å². The number of aliphatic hydroxyl groups excluding tert-OH is 2. The molecule has 0 amide bonds. The van der Waals surface area contributed by atoms with Gasteiger partial charge in [-0.3, -0.25) is 0 Å². The summed E-state index contributed by atoms with van der Waals surface area (Å²) in [7, 11) is 0. The van der Waals surface area contributed by atoms with E-state index in [2.05, 4.69) is 0 Å².